The minimum absolute atomic E-state index is 0.0541. The molecule has 1 N–H and O–H groups in total. The maximum absolute atomic E-state index is 12.5. The monoisotopic (exact) mass is 543 g/mol. The number of benzene rings is 2. The van der Waals surface area contributed by atoms with E-state index in [1.807, 2.05) is 13.8 Å². The molecule has 0 saturated heterocycles. The molecule has 0 aromatic heterocycles. The largest absolute Gasteiger partial charge is 0.513 e. The molecule has 0 aliphatic carbocycles. The van der Waals surface area contributed by atoms with E-state index in [4.69, 9.17) is 23.7 Å². The van der Waals surface area contributed by atoms with Crippen molar-refractivity contribution in [2.75, 3.05) is 20.3 Å². The fourth-order valence-corrected chi connectivity index (χ4v) is 3.19. The van der Waals surface area contributed by atoms with E-state index in [1.54, 1.807) is 56.3 Å². The van der Waals surface area contributed by atoms with Gasteiger partial charge in [-0.1, -0.05) is 52.0 Å². The Morgan fingerprint density at radius 1 is 0.795 bits per heavy atom. The van der Waals surface area contributed by atoms with Crippen LogP contribution in [0.3, 0.4) is 0 Å². The van der Waals surface area contributed by atoms with Crippen molar-refractivity contribution in [2.24, 2.45) is 11.8 Å². The fraction of sp³-hybridized carbons (Fsp3) is 0.448. The Bertz CT molecular complexity index is 1100. The molecule has 2 unspecified atom stereocenters. The number of para-hydroxylation sites is 1. The Labute approximate surface area is 228 Å². The molecule has 39 heavy (non-hydrogen) atoms. The second-order valence-corrected chi connectivity index (χ2v) is 8.99. The summed E-state index contributed by atoms with van der Waals surface area (Å²) in [6, 6.07) is 12.5. The summed E-state index contributed by atoms with van der Waals surface area (Å²) in [5.74, 6) is -1.56. The Morgan fingerprint density at radius 2 is 1.41 bits per heavy atom. The van der Waals surface area contributed by atoms with Crippen molar-refractivity contribution < 1.29 is 42.9 Å². The lowest BCUT2D eigenvalue weighted by Crippen LogP contribution is -2.41. The first-order valence-electron chi connectivity index (χ1n) is 13.0. The van der Waals surface area contributed by atoms with Gasteiger partial charge in [0.15, 0.2) is 11.5 Å². The van der Waals surface area contributed by atoms with Crippen molar-refractivity contribution in [1.82, 2.24) is 5.32 Å². The van der Waals surface area contributed by atoms with Gasteiger partial charge in [-0.3, -0.25) is 14.4 Å². The molecule has 0 radical (unpaired) electrons. The Kier molecular flexibility index (Phi) is 12.9. The third kappa shape index (κ3) is 10.4. The summed E-state index contributed by atoms with van der Waals surface area (Å²) in [4.78, 5) is 49.2. The highest BCUT2D eigenvalue weighted by Crippen LogP contribution is 2.31. The molecule has 10 heteroatoms. The summed E-state index contributed by atoms with van der Waals surface area (Å²) in [6.45, 7) is 7.32. The van der Waals surface area contributed by atoms with Crippen molar-refractivity contribution in [3.8, 4) is 17.2 Å². The number of hydrogen-bond donors (Lipinski definition) is 1. The van der Waals surface area contributed by atoms with Gasteiger partial charge in [0.25, 0.3) is 0 Å². The summed E-state index contributed by atoms with van der Waals surface area (Å²) in [6.07, 6.45) is 0.469. The number of ether oxygens (including phenoxy) is 5. The van der Waals surface area contributed by atoms with E-state index in [9.17, 15) is 19.2 Å². The molecule has 2 aromatic carbocycles. The van der Waals surface area contributed by atoms with Gasteiger partial charge in [-0.2, -0.15) is 0 Å². The van der Waals surface area contributed by atoms with E-state index in [1.165, 1.54) is 13.2 Å². The first kappa shape index (κ1) is 31.3. The van der Waals surface area contributed by atoms with Crippen LogP contribution in [0.15, 0.2) is 48.5 Å². The molecule has 3 atom stereocenters. The standard InChI is InChI=1S/C29H37NO9/c1-6-19(3)26(31)38-24-14-13-21(18-25(24)39-27(32)20(4)7-2)17-23(28(33)35-5)30-15-16-36-29(34)37-22-11-9-8-10-12-22/h8-14,18-20,23,30H,6-7,15-17H2,1-5H3/t19?,20?,23-/m0/s1. The molecule has 212 valence electrons. The highest BCUT2D eigenvalue weighted by atomic mass is 16.7. The molecule has 0 saturated carbocycles. The topological polar surface area (TPSA) is 126 Å². The van der Waals surface area contributed by atoms with Crippen molar-refractivity contribution in [3.63, 3.8) is 0 Å². The average Bonchev–Trinajstić information content (AvgIpc) is 2.94. The molecule has 0 fully saturated rings. The summed E-state index contributed by atoms with van der Waals surface area (Å²) in [5.41, 5.74) is 0.623. The predicted octanol–water partition coefficient (Wildman–Crippen LogP) is 4.48. The molecule has 0 bridgehead atoms. The van der Waals surface area contributed by atoms with Gasteiger partial charge in [0.1, 0.15) is 18.4 Å². The first-order chi connectivity index (χ1) is 18.7. The van der Waals surface area contributed by atoms with E-state index < -0.39 is 30.1 Å². The highest BCUT2D eigenvalue weighted by Gasteiger charge is 2.23. The van der Waals surface area contributed by atoms with Crippen LogP contribution in [0.2, 0.25) is 0 Å². The maximum atomic E-state index is 12.5. The lowest BCUT2D eigenvalue weighted by molar-refractivity contribution is -0.143. The second kappa shape index (κ2) is 16.1. The van der Waals surface area contributed by atoms with Crippen LogP contribution in [0.1, 0.15) is 46.1 Å². The fourth-order valence-electron chi connectivity index (χ4n) is 3.19. The van der Waals surface area contributed by atoms with Crippen LogP contribution < -0.4 is 19.5 Å². The van der Waals surface area contributed by atoms with Gasteiger partial charge in [0, 0.05) is 6.54 Å². The third-order valence-electron chi connectivity index (χ3n) is 6.04. The van der Waals surface area contributed by atoms with E-state index in [-0.39, 0.29) is 42.9 Å². The summed E-state index contributed by atoms with van der Waals surface area (Å²) >= 11 is 0. The van der Waals surface area contributed by atoms with E-state index >= 15 is 0 Å². The van der Waals surface area contributed by atoms with Crippen LogP contribution in [-0.2, 0) is 30.3 Å². The van der Waals surface area contributed by atoms with Crippen LogP contribution in [0.25, 0.3) is 0 Å². The zero-order chi connectivity index (χ0) is 28.8. The van der Waals surface area contributed by atoms with Crippen LogP contribution in [0.5, 0.6) is 17.2 Å². The number of rotatable bonds is 14. The smallest absolute Gasteiger partial charge is 0.468 e. The summed E-state index contributed by atoms with van der Waals surface area (Å²) < 4.78 is 26.1. The van der Waals surface area contributed by atoms with Gasteiger partial charge in [-0.15, -0.1) is 0 Å². The van der Waals surface area contributed by atoms with E-state index in [2.05, 4.69) is 5.32 Å². The normalized spacial score (nSPS) is 12.9. The SMILES string of the molecule is CCC(C)C(=O)Oc1ccc(C[C@H](NCCOC(=O)Oc2ccccc2)C(=O)OC)cc1OC(=O)C(C)CC. The van der Waals surface area contributed by atoms with Crippen molar-refractivity contribution >= 4 is 24.1 Å². The van der Waals surface area contributed by atoms with Gasteiger partial charge in [0.05, 0.1) is 18.9 Å². The molecule has 2 aromatic rings. The van der Waals surface area contributed by atoms with E-state index in [0.717, 1.165) is 0 Å². The predicted molar refractivity (Wildman–Crippen MR) is 143 cm³/mol. The highest BCUT2D eigenvalue weighted by molar-refractivity contribution is 5.79. The number of nitrogens with one attached hydrogen (secondary N) is 1. The molecule has 2 rings (SSSR count). The molecule has 0 aliphatic heterocycles. The first-order valence-corrected chi connectivity index (χ1v) is 13.0. The van der Waals surface area contributed by atoms with Gasteiger partial charge in [0.2, 0.25) is 0 Å². The number of hydrogen-bond acceptors (Lipinski definition) is 10. The zero-order valence-corrected chi connectivity index (χ0v) is 23.1. The molecule has 0 amide bonds. The number of carbonyl (C=O) groups is 4. The lowest BCUT2D eigenvalue weighted by Gasteiger charge is -2.19. The van der Waals surface area contributed by atoms with Crippen molar-refractivity contribution in [2.45, 2.75) is 53.0 Å². The van der Waals surface area contributed by atoms with E-state index in [0.29, 0.717) is 24.2 Å². The van der Waals surface area contributed by atoms with Crippen molar-refractivity contribution in [1.29, 1.82) is 0 Å². The number of esters is 3. The molecule has 0 aliphatic rings. The van der Waals surface area contributed by atoms with Crippen LogP contribution in [-0.4, -0.2) is 50.4 Å². The lowest BCUT2D eigenvalue weighted by atomic mass is 10.0. The van der Waals surface area contributed by atoms with Crippen LogP contribution >= 0.6 is 0 Å². The van der Waals surface area contributed by atoms with Gasteiger partial charge in [-0.25, -0.2) is 4.79 Å². The quantitative estimate of drug-likeness (QED) is 0.158. The van der Waals surface area contributed by atoms with Crippen LogP contribution in [0, 0.1) is 11.8 Å². The zero-order valence-electron chi connectivity index (χ0n) is 23.1. The Hall–Kier alpha value is -3.92. The second-order valence-electron chi connectivity index (χ2n) is 8.99. The van der Waals surface area contributed by atoms with Gasteiger partial charge < -0.3 is 29.0 Å². The maximum Gasteiger partial charge on any atom is 0.513 e. The summed E-state index contributed by atoms with van der Waals surface area (Å²) in [5, 5.41) is 2.99. The molecular weight excluding hydrogens is 506 g/mol. The molecular formula is C29H37NO9. The molecule has 10 nitrogen and oxygen atoms in total. The Balaban J connectivity index is 2.09. The minimum Gasteiger partial charge on any atom is -0.468 e. The Morgan fingerprint density at radius 3 is 2.00 bits per heavy atom. The third-order valence-corrected chi connectivity index (χ3v) is 6.04. The van der Waals surface area contributed by atoms with Crippen LogP contribution in [0.4, 0.5) is 4.79 Å². The summed E-state index contributed by atoms with van der Waals surface area (Å²) in [7, 11) is 1.27. The van der Waals surface area contributed by atoms with Crippen molar-refractivity contribution in [3.05, 3.63) is 54.1 Å². The molecule has 0 spiro atoms. The number of carbonyl (C=O) groups excluding carboxylic acids is 4. The minimum atomic E-state index is -0.868. The molecule has 0 heterocycles. The average molecular weight is 544 g/mol. The van der Waals surface area contributed by atoms with Gasteiger partial charge in [-0.05, 0) is 49.1 Å². The number of methoxy groups -OCH3 is 1. The van der Waals surface area contributed by atoms with Gasteiger partial charge >= 0.3 is 24.1 Å².